The van der Waals surface area contributed by atoms with Crippen LogP contribution in [0.2, 0.25) is 0 Å². The van der Waals surface area contributed by atoms with Crippen molar-refractivity contribution in [2.45, 2.75) is 44.6 Å². The zero-order valence-electron chi connectivity index (χ0n) is 9.81. The molecule has 2 aliphatic carbocycles. The van der Waals surface area contributed by atoms with Crippen LogP contribution in [-0.2, 0) is 14.8 Å². The van der Waals surface area contributed by atoms with Gasteiger partial charge in [-0.1, -0.05) is 0 Å². The van der Waals surface area contributed by atoms with Crippen molar-refractivity contribution < 1.29 is 13.2 Å². The number of methoxy groups -OCH3 is 1. The number of primary sulfonamides is 1. The molecule has 1 spiro atoms. The lowest BCUT2D eigenvalue weighted by Crippen LogP contribution is -2.45. The van der Waals surface area contributed by atoms with Gasteiger partial charge in [0.2, 0.25) is 10.0 Å². The summed E-state index contributed by atoms with van der Waals surface area (Å²) in [6.45, 7) is 0. The van der Waals surface area contributed by atoms with Gasteiger partial charge in [-0.2, -0.15) is 0 Å². The van der Waals surface area contributed by atoms with Gasteiger partial charge in [0.05, 0.1) is 11.9 Å². The van der Waals surface area contributed by atoms with Crippen molar-refractivity contribution in [2.75, 3.05) is 12.9 Å². The highest BCUT2D eigenvalue weighted by Crippen LogP contribution is 2.53. The minimum Gasteiger partial charge on any atom is -0.381 e. The van der Waals surface area contributed by atoms with Crippen LogP contribution in [0.25, 0.3) is 0 Å². The van der Waals surface area contributed by atoms with Crippen LogP contribution in [0.4, 0.5) is 0 Å². The summed E-state index contributed by atoms with van der Waals surface area (Å²) in [6.07, 6.45) is 7.06. The molecule has 0 amide bonds. The molecule has 16 heavy (non-hydrogen) atoms. The molecular formula is C11H21NO3S. The van der Waals surface area contributed by atoms with E-state index in [1.54, 1.807) is 7.11 Å². The molecular weight excluding hydrogens is 226 g/mol. The fourth-order valence-electron chi connectivity index (χ4n) is 3.27. The molecule has 0 radical (unpaired) electrons. The second kappa shape index (κ2) is 4.27. The normalized spacial score (nSPS) is 39.6. The van der Waals surface area contributed by atoms with E-state index in [4.69, 9.17) is 9.88 Å². The molecule has 0 unspecified atom stereocenters. The van der Waals surface area contributed by atoms with Gasteiger partial charge in [0, 0.05) is 7.11 Å². The summed E-state index contributed by atoms with van der Waals surface area (Å²) in [6, 6.07) is 0. The maximum absolute atomic E-state index is 11.0. The topological polar surface area (TPSA) is 69.4 Å². The van der Waals surface area contributed by atoms with Crippen LogP contribution in [-0.4, -0.2) is 27.4 Å². The van der Waals surface area contributed by atoms with Gasteiger partial charge in [0.25, 0.3) is 0 Å². The Morgan fingerprint density at radius 1 is 1.31 bits per heavy atom. The van der Waals surface area contributed by atoms with E-state index in [-0.39, 0.29) is 11.7 Å². The predicted molar refractivity (Wildman–Crippen MR) is 62.4 cm³/mol. The van der Waals surface area contributed by atoms with Crippen molar-refractivity contribution in [1.29, 1.82) is 0 Å². The highest BCUT2D eigenvalue weighted by atomic mass is 32.2. The molecule has 2 saturated carbocycles. The zero-order chi connectivity index (χ0) is 11.8. The van der Waals surface area contributed by atoms with Gasteiger partial charge in [0.15, 0.2) is 0 Å². The Bertz CT molecular complexity index is 336. The first kappa shape index (κ1) is 12.3. The molecule has 0 aromatic carbocycles. The number of hydrogen-bond donors (Lipinski definition) is 1. The molecule has 0 aromatic rings. The summed E-state index contributed by atoms with van der Waals surface area (Å²) in [5.41, 5.74) is 0.468. The summed E-state index contributed by atoms with van der Waals surface area (Å²) in [4.78, 5) is 0. The number of sulfonamides is 1. The van der Waals surface area contributed by atoms with Gasteiger partial charge in [-0.3, -0.25) is 0 Å². The highest BCUT2D eigenvalue weighted by molar-refractivity contribution is 7.89. The molecule has 0 heterocycles. The Balaban J connectivity index is 1.80. The van der Waals surface area contributed by atoms with Gasteiger partial charge < -0.3 is 4.74 Å². The molecule has 94 valence electrons. The van der Waals surface area contributed by atoms with Crippen molar-refractivity contribution in [1.82, 2.24) is 0 Å². The van der Waals surface area contributed by atoms with Crippen LogP contribution in [0.1, 0.15) is 38.5 Å². The third-order valence-corrected chi connectivity index (χ3v) is 5.22. The molecule has 0 saturated heterocycles. The van der Waals surface area contributed by atoms with Crippen molar-refractivity contribution in [3.05, 3.63) is 0 Å². The van der Waals surface area contributed by atoms with Crippen LogP contribution in [0.15, 0.2) is 0 Å². The molecule has 0 bridgehead atoms. The van der Waals surface area contributed by atoms with E-state index < -0.39 is 10.0 Å². The summed E-state index contributed by atoms with van der Waals surface area (Å²) >= 11 is 0. The third-order valence-electron chi connectivity index (χ3n) is 4.29. The van der Waals surface area contributed by atoms with Crippen LogP contribution in [0.5, 0.6) is 0 Å². The molecule has 2 aliphatic rings. The molecule has 5 heteroatoms. The second-order valence-corrected chi connectivity index (χ2v) is 7.20. The van der Waals surface area contributed by atoms with E-state index in [1.165, 1.54) is 0 Å². The van der Waals surface area contributed by atoms with Gasteiger partial charge in [0.1, 0.15) is 0 Å². The maximum atomic E-state index is 11.0. The van der Waals surface area contributed by atoms with E-state index in [0.717, 1.165) is 38.5 Å². The lowest BCUT2D eigenvalue weighted by molar-refractivity contribution is -0.0819. The van der Waals surface area contributed by atoms with Crippen LogP contribution in [0, 0.1) is 11.3 Å². The first-order valence-corrected chi connectivity index (χ1v) is 7.67. The Labute approximate surface area is 97.6 Å². The predicted octanol–water partition coefficient (Wildman–Crippen LogP) is 1.26. The first-order valence-electron chi connectivity index (χ1n) is 5.96. The average Bonchev–Trinajstić information content (AvgIpc) is 2.13. The fraction of sp³-hybridized carbons (Fsp3) is 1.00. The molecule has 4 nitrogen and oxygen atoms in total. The Hall–Kier alpha value is -0.130. The van der Waals surface area contributed by atoms with Crippen LogP contribution in [0.3, 0.4) is 0 Å². The summed E-state index contributed by atoms with van der Waals surface area (Å²) in [7, 11) is -1.52. The maximum Gasteiger partial charge on any atom is 0.209 e. The average molecular weight is 247 g/mol. The standard InChI is InChI=1S/C11H21NO3S/c1-15-10-6-11(7-10)4-2-9(3-5-11)8-16(12,13)14/h9-10H,2-8H2,1H3,(H2,12,13,14). The molecule has 0 aromatic heterocycles. The summed E-state index contributed by atoms with van der Waals surface area (Å²) in [5.74, 6) is 0.443. The van der Waals surface area contributed by atoms with E-state index in [1.807, 2.05) is 0 Å². The van der Waals surface area contributed by atoms with Crippen molar-refractivity contribution >= 4 is 10.0 Å². The SMILES string of the molecule is COC1CC2(CCC(CS(N)(=O)=O)CC2)C1. The third kappa shape index (κ3) is 2.76. The molecule has 0 atom stereocenters. The minimum absolute atomic E-state index is 0.163. The number of rotatable bonds is 3. The minimum atomic E-state index is -3.29. The molecule has 2 N–H and O–H groups in total. The number of hydrogen-bond acceptors (Lipinski definition) is 3. The van der Waals surface area contributed by atoms with Crippen LogP contribution < -0.4 is 5.14 Å². The van der Waals surface area contributed by atoms with Crippen molar-refractivity contribution in [2.24, 2.45) is 16.5 Å². The number of nitrogens with two attached hydrogens (primary N) is 1. The molecule has 2 fully saturated rings. The van der Waals surface area contributed by atoms with E-state index in [9.17, 15) is 8.42 Å². The zero-order valence-corrected chi connectivity index (χ0v) is 10.6. The lowest BCUT2D eigenvalue weighted by atomic mass is 9.58. The largest absolute Gasteiger partial charge is 0.381 e. The monoisotopic (exact) mass is 247 g/mol. The Morgan fingerprint density at radius 3 is 2.31 bits per heavy atom. The highest BCUT2D eigenvalue weighted by Gasteiger charge is 2.46. The van der Waals surface area contributed by atoms with E-state index in [2.05, 4.69) is 0 Å². The number of ether oxygens (including phenoxy) is 1. The molecule has 2 rings (SSSR count). The smallest absolute Gasteiger partial charge is 0.209 e. The van der Waals surface area contributed by atoms with Gasteiger partial charge in [-0.05, 0) is 49.9 Å². The Morgan fingerprint density at radius 2 is 1.88 bits per heavy atom. The molecule has 0 aliphatic heterocycles. The van der Waals surface area contributed by atoms with Crippen molar-refractivity contribution in [3.8, 4) is 0 Å². The lowest BCUT2D eigenvalue weighted by Gasteiger charge is -2.51. The van der Waals surface area contributed by atoms with Gasteiger partial charge in [-0.25, -0.2) is 13.6 Å². The van der Waals surface area contributed by atoms with Gasteiger partial charge in [-0.15, -0.1) is 0 Å². The van der Waals surface area contributed by atoms with E-state index in [0.29, 0.717) is 11.5 Å². The van der Waals surface area contributed by atoms with Gasteiger partial charge >= 0.3 is 0 Å². The summed E-state index contributed by atoms with van der Waals surface area (Å²) < 4.78 is 27.3. The second-order valence-electron chi connectivity index (χ2n) is 5.54. The summed E-state index contributed by atoms with van der Waals surface area (Å²) in [5, 5.41) is 5.08. The fourth-order valence-corrected chi connectivity index (χ4v) is 4.26. The van der Waals surface area contributed by atoms with E-state index >= 15 is 0 Å². The Kier molecular flexibility index (Phi) is 3.29. The first-order chi connectivity index (χ1) is 7.42. The van der Waals surface area contributed by atoms with Crippen molar-refractivity contribution in [3.63, 3.8) is 0 Å². The quantitative estimate of drug-likeness (QED) is 0.816. The van der Waals surface area contributed by atoms with Crippen LogP contribution >= 0.6 is 0 Å².